The number of nitrogens with zero attached hydrogens (tertiary/aromatic N) is 1. The lowest BCUT2D eigenvalue weighted by molar-refractivity contribution is -0.191. The summed E-state index contributed by atoms with van der Waals surface area (Å²) in [6.07, 6.45) is 5.44. The lowest BCUT2D eigenvalue weighted by atomic mass is 10.1. The lowest BCUT2D eigenvalue weighted by Crippen LogP contribution is -2.34. The summed E-state index contributed by atoms with van der Waals surface area (Å²) in [5.41, 5.74) is 2.24. The summed E-state index contributed by atoms with van der Waals surface area (Å²) in [7, 11) is 0. The van der Waals surface area contributed by atoms with Crippen LogP contribution in [-0.4, -0.2) is 24.1 Å². The average Bonchev–Trinajstić information content (AvgIpc) is 2.39. The molecule has 0 N–H and O–H groups in total. The number of aryl methyl sites for hydroxylation is 1. The second kappa shape index (κ2) is 5.64. The molecule has 0 spiro atoms. The molecule has 0 bridgehead atoms. The molecule has 1 amide bonds. The van der Waals surface area contributed by atoms with Crippen molar-refractivity contribution < 1.29 is 9.63 Å². The third kappa shape index (κ3) is 3.43. The molecule has 0 unspecified atom stereocenters. The molecule has 17 heavy (non-hydrogen) atoms. The zero-order chi connectivity index (χ0) is 12.1. The molecule has 1 aliphatic rings. The van der Waals surface area contributed by atoms with Crippen molar-refractivity contribution in [3.05, 3.63) is 41.5 Å². The van der Waals surface area contributed by atoms with E-state index >= 15 is 0 Å². The minimum absolute atomic E-state index is 0.0784. The maximum Gasteiger partial charge on any atom is 0.270 e. The monoisotopic (exact) mass is 231 g/mol. The van der Waals surface area contributed by atoms with E-state index in [0.717, 1.165) is 18.4 Å². The van der Waals surface area contributed by atoms with Gasteiger partial charge in [-0.15, -0.1) is 0 Å². The Hall–Kier alpha value is -1.61. The molecule has 1 saturated heterocycles. The fraction of sp³-hybridized carbons (Fsp3) is 0.357. The molecule has 2 rings (SSSR count). The number of amides is 1. The van der Waals surface area contributed by atoms with Crippen molar-refractivity contribution in [2.45, 2.75) is 19.8 Å². The van der Waals surface area contributed by atoms with E-state index in [1.807, 2.05) is 37.3 Å². The minimum Gasteiger partial charge on any atom is -0.271 e. The van der Waals surface area contributed by atoms with E-state index in [0.29, 0.717) is 13.2 Å². The Balaban J connectivity index is 1.95. The van der Waals surface area contributed by atoms with Crippen LogP contribution in [-0.2, 0) is 9.63 Å². The van der Waals surface area contributed by atoms with E-state index in [2.05, 4.69) is 0 Å². The SMILES string of the molecule is Cc1ccc(/C=C/C(=O)N2CCCCO2)cc1. The van der Waals surface area contributed by atoms with Crippen LogP contribution in [0, 0.1) is 6.92 Å². The molecular formula is C14H17NO2. The summed E-state index contributed by atoms with van der Waals surface area (Å²) < 4.78 is 0. The first-order valence-electron chi connectivity index (χ1n) is 5.95. The van der Waals surface area contributed by atoms with Crippen molar-refractivity contribution in [2.75, 3.05) is 13.2 Å². The molecule has 0 aliphatic carbocycles. The predicted molar refractivity (Wildman–Crippen MR) is 67.1 cm³/mol. The van der Waals surface area contributed by atoms with Gasteiger partial charge < -0.3 is 0 Å². The van der Waals surface area contributed by atoms with Crippen LogP contribution in [0.2, 0.25) is 0 Å². The summed E-state index contributed by atoms with van der Waals surface area (Å²) in [5.74, 6) is -0.0784. The fourth-order valence-electron chi connectivity index (χ4n) is 1.70. The molecule has 0 atom stereocenters. The van der Waals surface area contributed by atoms with Crippen molar-refractivity contribution in [3.8, 4) is 0 Å². The van der Waals surface area contributed by atoms with Crippen LogP contribution in [0.5, 0.6) is 0 Å². The molecule has 0 aromatic heterocycles. The molecule has 3 heteroatoms. The van der Waals surface area contributed by atoms with E-state index in [-0.39, 0.29) is 5.91 Å². The van der Waals surface area contributed by atoms with Crippen molar-refractivity contribution in [2.24, 2.45) is 0 Å². The highest BCUT2D eigenvalue weighted by molar-refractivity contribution is 5.91. The third-order valence-electron chi connectivity index (χ3n) is 2.74. The highest BCUT2D eigenvalue weighted by atomic mass is 16.7. The summed E-state index contributed by atoms with van der Waals surface area (Å²) in [6, 6.07) is 8.05. The van der Waals surface area contributed by atoms with Gasteiger partial charge in [0.05, 0.1) is 6.61 Å². The van der Waals surface area contributed by atoms with Gasteiger partial charge in [-0.05, 0) is 31.4 Å². The average molecular weight is 231 g/mol. The first kappa shape index (κ1) is 11.9. The van der Waals surface area contributed by atoms with E-state index in [1.54, 1.807) is 6.08 Å². The van der Waals surface area contributed by atoms with Crippen molar-refractivity contribution in [1.29, 1.82) is 0 Å². The van der Waals surface area contributed by atoms with Gasteiger partial charge in [-0.25, -0.2) is 5.06 Å². The molecule has 1 heterocycles. The van der Waals surface area contributed by atoms with Crippen molar-refractivity contribution >= 4 is 12.0 Å². The number of hydrogen-bond acceptors (Lipinski definition) is 2. The maximum atomic E-state index is 11.8. The van der Waals surface area contributed by atoms with E-state index in [9.17, 15) is 4.79 Å². The number of carbonyl (C=O) groups is 1. The second-order valence-corrected chi connectivity index (χ2v) is 4.22. The van der Waals surface area contributed by atoms with Gasteiger partial charge in [0, 0.05) is 12.6 Å². The van der Waals surface area contributed by atoms with E-state index in [1.165, 1.54) is 10.6 Å². The van der Waals surface area contributed by atoms with Gasteiger partial charge in [0.15, 0.2) is 0 Å². The molecule has 3 nitrogen and oxygen atoms in total. The number of hydrogen-bond donors (Lipinski definition) is 0. The Labute approximate surface area is 102 Å². The first-order chi connectivity index (χ1) is 8.25. The van der Waals surface area contributed by atoms with Gasteiger partial charge in [-0.3, -0.25) is 9.63 Å². The molecule has 1 aliphatic heterocycles. The highest BCUT2D eigenvalue weighted by Gasteiger charge is 2.14. The molecule has 90 valence electrons. The van der Waals surface area contributed by atoms with Gasteiger partial charge in [-0.1, -0.05) is 29.8 Å². The van der Waals surface area contributed by atoms with Gasteiger partial charge in [0.2, 0.25) is 0 Å². The van der Waals surface area contributed by atoms with E-state index < -0.39 is 0 Å². The standard InChI is InChI=1S/C14H17NO2/c1-12-4-6-13(7-5-12)8-9-14(16)15-10-2-3-11-17-15/h4-9H,2-3,10-11H2,1H3/b9-8+. The molecule has 0 saturated carbocycles. The fourth-order valence-corrected chi connectivity index (χ4v) is 1.70. The van der Waals surface area contributed by atoms with Gasteiger partial charge in [-0.2, -0.15) is 0 Å². The van der Waals surface area contributed by atoms with Gasteiger partial charge in [0.1, 0.15) is 0 Å². The molecule has 1 fully saturated rings. The molecule has 0 radical (unpaired) electrons. The normalized spacial score (nSPS) is 16.4. The van der Waals surface area contributed by atoms with Crippen LogP contribution in [0.25, 0.3) is 6.08 Å². The number of hydroxylamine groups is 2. The molecular weight excluding hydrogens is 214 g/mol. The number of rotatable bonds is 2. The van der Waals surface area contributed by atoms with Crippen LogP contribution in [0.15, 0.2) is 30.3 Å². The van der Waals surface area contributed by atoms with Crippen LogP contribution in [0.1, 0.15) is 24.0 Å². The zero-order valence-corrected chi connectivity index (χ0v) is 10.1. The summed E-state index contributed by atoms with van der Waals surface area (Å²) >= 11 is 0. The van der Waals surface area contributed by atoms with E-state index in [4.69, 9.17) is 4.84 Å². The Morgan fingerprint density at radius 2 is 2.06 bits per heavy atom. The quantitative estimate of drug-likeness (QED) is 0.732. The third-order valence-corrected chi connectivity index (χ3v) is 2.74. The Morgan fingerprint density at radius 1 is 1.29 bits per heavy atom. The van der Waals surface area contributed by atoms with Crippen molar-refractivity contribution in [1.82, 2.24) is 5.06 Å². The second-order valence-electron chi connectivity index (χ2n) is 4.22. The van der Waals surface area contributed by atoms with Gasteiger partial charge >= 0.3 is 0 Å². The topological polar surface area (TPSA) is 29.5 Å². The Morgan fingerprint density at radius 3 is 2.71 bits per heavy atom. The predicted octanol–water partition coefficient (Wildman–Crippen LogP) is 2.56. The number of carbonyl (C=O) groups excluding carboxylic acids is 1. The summed E-state index contributed by atoms with van der Waals surface area (Å²) in [6.45, 7) is 3.38. The van der Waals surface area contributed by atoms with Crippen LogP contribution in [0.4, 0.5) is 0 Å². The largest absolute Gasteiger partial charge is 0.271 e. The highest BCUT2D eigenvalue weighted by Crippen LogP contribution is 2.09. The van der Waals surface area contributed by atoms with Crippen LogP contribution >= 0.6 is 0 Å². The molecule has 1 aromatic carbocycles. The Bertz CT molecular complexity index is 403. The first-order valence-corrected chi connectivity index (χ1v) is 5.95. The zero-order valence-electron chi connectivity index (χ0n) is 10.1. The Kier molecular flexibility index (Phi) is 3.94. The van der Waals surface area contributed by atoms with Crippen LogP contribution in [0.3, 0.4) is 0 Å². The summed E-state index contributed by atoms with van der Waals surface area (Å²) in [5, 5.41) is 1.44. The van der Waals surface area contributed by atoms with Gasteiger partial charge in [0.25, 0.3) is 5.91 Å². The van der Waals surface area contributed by atoms with Crippen LogP contribution < -0.4 is 0 Å². The lowest BCUT2D eigenvalue weighted by Gasteiger charge is -2.24. The maximum absolute atomic E-state index is 11.8. The summed E-state index contributed by atoms with van der Waals surface area (Å²) in [4.78, 5) is 17.0. The molecule has 1 aromatic rings. The minimum atomic E-state index is -0.0784. The van der Waals surface area contributed by atoms with Crippen molar-refractivity contribution in [3.63, 3.8) is 0 Å². The smallest absolute Gasteiger partial charge is 0.270 e. The number of benzene rings is 1.